The van der Waals surface area contributed by atoms with Crippen molar-refractivity contribution in [1.29, 1.82) is 0 Å². The lowest BCUT2D eigenvalue weighted by molar-refractivity contribution is -0.127. The van der Waals surface area contributed by atoms with Crippen LogP contribution in [0.15, 0.2) is 54.6 Å². The Bertz CT molecular complexity index is 733. The van der Waals surface area contributed by atoms with Crippen molar-refractivity contribution in [3.8, 4) is 11.5 Å². The molecule has 1 fully saturated rings. The maximum atomic E-state index is 12.4. The van der Waals surface area contributed by atoms with Crippen LogP contribution in [0, 0.1) is 5.92 Å². The van der Waals surface area contributed by atoms with Crippen molar-refractivity contribution >= 4 is 5.91 Å². The summed E-state index contributed by atoms with van der Waals surface area (Å²) in [6.07, 6.45) is 1.79. The number of piperidine rings is 1. The Morgan fingerprint density at radius 2 is 1.86 bits per heavy atom. The minimum absolute atomic E-state index is 0.0731. The molecule has 1 N–H and O–H groups in total. The molecule has 1 aliphatic heterocycles. The van der Waals surface area contributed by atoms with E-state index in [0.29, 0.717) is 18.2 Å². The van der Waals surface area contributed by atoms with E-state index in [2.05, 4.69) is 34.5 Å². The predicted molar refractivity (Wildman–Crippen MR) is 111 cm³/mol. The molecule has 2 aromatic rings. The van der Waals surface area contributed by atoms with Crippen LogP contribution in [0.1, 0.15) is 25.3 Å². The third-order valence-corrected chi connectivity index (χ3v) is 5.16. The Labute approximate surface area is 167 Å². The molecular weight excluding hydrogens is 352 g/mol. The number of rotatable bonds is 8. The van der Waals surface area contributed by atoms with Crippen LogP contribution in [-0.2, 0) is 11.3 Å². The van der Waals surface area contributed by atoms with Gasteiger partial charge in [0.25, 0.3) is 5.91 Å². The van der Waals surface area contributed by atoms with Crippen molar-refractivity contribution in [2.45, 2.75) is 32.4 Å². The lowest BCUT2D eigenvalue weighted by Crippen LogP contribution is -2.43. The fourth-order valence-electron chi connectivity index (χ4n) is 3.60. The highest BCUT2D eigenvalue weighted by atomic mass is 16.5. The summed E-state index contributed by atoms with van der Waals surface area (Å²) in [5, 5.41) is 3.06. The molecule has 1 aliphatic rings. The van der Waals surface area contributed by atoms with Crippen molar-refractivity contribution in [2.24, 2.45) is 5.92 Å². The van der Waals surface area contributed by atoms with Gasteiger partial charge in [-0.25, -0.2) is 0 Å². The van der Waals surface area contributed by atoms with Crippen LogP contribution in [0.2, 0.25) is 0 Å². The van der Waals surface area contributed by atoms with E-state index < -0.39 is 6.10 Å². The van der Waals surface area contributed by atoms with Crippen LogP contribution in [0.5, 0.6) is 11.5 Å². The molecule has 2 atom stereocenters. The molecule has 1 saturated heterocycles. The minimum Gasteiger partial charge on any atom is -0.497 e. The van der Waals surface area contributed by atoms with Crippen molar-refractivity contribution in [1.82, 2.24) is 10.2 Å². The van der Waals surface area contributed by atoms with Gasteiger partial charge in [0.1, 0.15) is 11.5 Å². The first kappa shape index (κ1) is 20.2. The molecule has 2 unspecified atom stereocenters. The van der Waals surface area contributed by atoms with E-state index in [0.717, 1.165) is 31.8 Å². The predicted octanol–water partition coefficient (Wildman–Crippen LogP) is 3.49. The van der Waals surface area contributed by atoms with E-state index in [4.69, 9.17) is 9.47 Å². The number of ether oxygens (including phenoxy) is 2. The first-order valence-corrected chi connectivity index (χ1v) is 9.98. The summed E-state index contributed by atoms with van der Waals surface area (Å²) in [5.41, 5.74) is 1.34. The van der Waals surface area contributed by atoms with Crippen LogP contribution < -0.4 is 14.8 Å². The molecular formula is C23H30N2O3. The number of amides is 1. The molecule has 0 aliphatic carbocycles. The Hall–Kier alpha value is -2.53. The number of hydrogen-bond acceptors (Lipinski definition) is 4. The number of likely N-dealkylation sites (tertiary alicyclic amines) is 1. The zero-order valence-electron chi connectivity index (χ0n) is 16.8. The molecule has 1 heterocycles. The standard InChI is InChI=1S/C23H30N2O3/c1-18(28-22-12-10-21(27-2)11-13-22)23(26)24-15-20-9-6-14-25(17-20)16-19-7-4-3-5-8-19/h3-5,7-8,10-13,18,20H,6,9,14-17H2,1-2H3,(H,24,26). The molecule has 0 radical (unpaired) electrons. The summed E-state index contributed by atoms with van der Waals surface area (Å²) >= 11 is 0. The number of nitrogens with zero attached hydrogens (tertiary/aromatic N) is 1. The van der Waals surface area contributed by atoms with Crippen molar-refractivity contribution in [3.63, 3.8) is 0 Å². The highest BCUT2D eigenvalue weighted by Crippen LogP contribution is 2.19. The summed E-state index contributed by atoms with van der Waals surface area (Å²) in [4.78, 5) is 14.9. The van der Waals surface area contributed by atoms with E-state index in [-0.39, 0.29) is 5.91 Å². The van der Waals surface area contributed by atoms with Gasteiger partial charge in [-0.3, -0.25) is 9.69 Å². The fraction of sp³-hybridized carbons (Fsp3) is 0.435. The number of carbonyl (C=O) groups is 1. The van der Waals surface area contributed by atoms with Gasteiger partial charge >= 0.3 is 0 Å². The van der Waals surface area contributed by atoms with Crippen LogP contribution in [-0.4, -0.2) is 43.7 Å². The van der Waals surface area contributed by atoms with E-state index in [9.17, 15) is 4.79 Å². The van der Waals surface area contributed by atoms with Gasteiger partial charge in [-0.05, 0) is 62.1 Å². The van der Waals surface area contributed by atoms with Gasteiger partial charge < -0.3 is 14.8 Å². The molecule has 5 nitrogen and oxygen atoms in total. The van der Waals surface area contributed by atoms with Crippen molar-refractivity contribution < 1.29 is 14.3 Å². The number of nitrogens with one attached hydrogen (secondary N) is 1. The molecule has 0 aromatic heterocycles. The third-order valence-electron chi connectivity index (χ3n) is 5.16. The second kappa shape index (κ2) is 10.1. The van der Waals surface area contributed by atoms with Gasteiger partial charge in [0.05, 0.1) is 7.11 Å². The molecule has 5 heteroatoms. The van der Waals surface area contributed by atoms with Gasteiger partial charge in [0.2, 0.25) is 0 Å². The van der Waals surface area contributed by atoms with E-state index in [1.54, 1.807) is 14.0 Å². The number of methoxy groups -OCH3 is 1. The molecule has 28 heavy (non-hydrogen) atoms. The third kappa shape index (κ3) is 5.99. The number of benzene rings is 2. The highest BCUT2D eigenvalue weighted by molar-refractivity contribution is 5.80. The van der Waals surface area contributed by atoms with Gasteiger partial charge in [-0.2, -0.15) is 0 Å². The minimum atomic E-state index is -0.530. The lowest BCUT2D eigenvalue weighted by Gasteiger charge is -2.33. The molecule has 0 bridgehead atoms. The van der Waals surface area contributed by atoms with Crippen LogP contribution >= 0.6 is 0 Å². The zero-order chi connectivity index (χ0) is 19.8. The second-order valence-electron chi connectivity index (χ2n) is 7.41. The van der Waals surface area contributed by atoms with Crippen molar-refractivity contribution in [2.75, 3.05) is 26.7 Å². The molecule has 150 valence electrons. The Morgan fingerprint density at radius 3 is 2.57 bits per heavy atom. The van der Waals surface area contributed by atoms with Gasteiger partial charge in [-0.1, -0.05) is 30.3 Å². The van der Waals surface area contributed by atoms with E-state index in [1.807, 2.05) is 30.3 Å². The first-order chi connectivity index (χ1) is 13.6. The summed E-state index contributed by atoms with van der Waals surface area (Å²) < 4.78 is 10.9. The SMILES string of the molecule is COc1ccc(OC(C)C(=O)NCC2CCCN(Cc3ccccc3)C2)cc1. The average Bonchev–Trinajstić information content (AvgIpc) is 2.73. The van der Waals surface area contributed by atoms with E-state index >= 15 is 0 Å². The second-order valence-corrected chi connectivity index (χ2v) is 7.41. The van der Waals surface area contributed by atoms with E-state index in [1.165, 1.54) is 12.0 Å². The number of hydrogen-bond donors (Lipinski definition) is 1. The van der Waals surface area contributed by atoms with Gasteiger partial charge in [0, 0.05) is 19.6 Å². The normalized spacial score (nSPS) is 18.3. The maximum Gasteiger partial charge on any atom is 0.260 e. The summed E-state index contributed by atoms with van der Waals surface area (Å²) in [6, 6.07) is 17.8. The highest BCUT2D eigenvalue weighted by Gasteiger charge is 2.22. The molecule has 0 saturated carbocycles. The summed E-state index contributed by atoms with van der Waals surface area (Å²) in [5.74, 6) is 1.84. The Morgan fingerprint density at radius 1 is 1.14 bits per heavy atom. The Balaban J connectivity index is 1.42. The maximum absolute atomic E-state index is 12.4. The zero-order valence-corrected chi connectivity index (χ0v) is 16.8. The molecule has 1 amide bonds. The lowest BCUT2D eigenvalue weighted by atomic mass is 9.97. The smallest absolute Gasteiger partial charge is 0.260 e. The summed E-state index contributed by atoms with van der Waals surface area (Å²) in [6.45, 7) is 5.59. The topological polar surface area (TPSA) is 50.8 Å². The molecule has 3 rings (SSSR count). The molecule has 0 spiro atoms. The van der Waals surface area contributed by atoms with Crippen LogP contribution in [0.4, 0.5) is 0 Å². The quantitative estimate of drug-likeness (QED) is 0.759. The largest absolute Gasteiger partial charge is 0.497 e. The van der Waals surface area contributed by atoms with Crippen molar-refractivity contribution in [3.05, 3.63) is 60.2 Å². The Kier molecular flexibility index (Phi) is 7.31. The van der Waals surface area contributed by atoms with Gasteiger partial charge in [0.15, 0.2) is 6.10 Å². The van der Waals surface area contributed by atoms with Crippen LogP contribution in [0.25, 0.3) is 0 Å². The monoisotopic (exact) mass is 382 g/mol. The molecule has 2 aromatic carbocycles. The summed E-state index contributed by atoms with van der Waals surface area (Å²) in [7, 11) is 1.62. The number of carbonyl (C=O) groups excluding carboxylic acids is 1. The van der Waals surface area contributed by atoms with Gasteiger partial charge in [-0.15, -0.1) is 0 Å². The average molecular weight is 383 g/mol. The fourth-order valence-corrected chi connectivity index (χ4v) is 3.60. The first-order valence-electron chi connectivity index (χ1n) is 9.98. The van der Waals surface area contributed by atoms with Crippen LogP contribution in [0.3, 0.4) is 0 Å².